The van der Waals surface area contributed by atoms with Crippen molar-refractivity contribution in [2.24, 2.45) is 0 Å². The fourth-order valence-corrected chi connectivity index (χ4v) is 4.58. The van der Waals surface area contributed by atoms with E-state index in [0.29, 0.717) is 29.9 Å². The lowest BCUT2D eigenvalue weighted by molar-refractivity contribution is -0.130. The van der Waals surface area contributed by atoms with Crippen LogP contribution < -0.4 is 10.1 Å². The number of likely N-dealkylation sites (tertiary alicyclic amines) is 1. The Morgan fingerprint density at radius 2 is 2.14 bits per heavy atom. The van der Waals surface area contributed by atoms with Gasteiger partial charge in [0.05, 0.1) is 31.8 Å². The van der Waals surface area contributed by atoms with E-state index in [1.165, 1.54) is 16.7 Å². The number of amides is 1. The normalized spacial score (nSPS) is 18.4. The van der Waals surface area contributed by atoms with E-state index in [4.69, 9.17) is 4.74 Å². The minimum atomic E-state index is -1.19. The number of fused-ring (bicyclic) bond motifs is 2. The summed E-state index contributed by atoms with van der Waals surface area (Å²) in [5.41, 5.74) is 3.71. The van der Waals surface area contributed by atoms with Crippen molar-refractivity contribution >= 4 is 28.4 Å². The first-order valence-electron chi connectivity index (χ1n) is 12.0. The molecular formula is C24H29F2N9O2. The summed E-state index contributed by atoms with van der Waals surface area (Å²) in [6.07, 6.45) is 1.09. The second-order valence-corrected chi connectivity index (χ2v) is 9.25. The number of ether oxygens (including phenoxy) is 1. The van der Waals surface area contributed by atoms with Gasteiger partial charge >= 0.3 is 0 Å². The predicted octanol–water partition coefficient (Wildman–Crippen LogP) is 2.03. The molecule has 1 amide bonds. The van der Waals surface area contributed by atoms with Crippen molar-refractivity contribution in [3.63, 3.8) is 0 Å². The van der Waals surface area contributed by atoms with Gasteiger partial charge in [0, 0.05) is 38.9 Å². The number of hydrogen-bond acceptors (Lipinski definition) is 8. The van der Waals surface area contributed by atoms with Crippen molar-refractivity contribution in [2.75, 3.05) is 52.8 Å². The topological polar surface area (TPSA) is 106 Å². The number of rotatable bonds is 8. The van der Waals surface area contributed by atoms with E-state index >= 15 is 0 Å². The van der Waals surface area contributed by atoms with E-state index in [0.717, 1.165) is 16.6 Å². The Bertz CT molecular complexity index is 1420. The molecule has 196 valence electrons. The lowest BCUT2D eigenvalue weighted by atomic mass is 10.0. The number of carbonyl (C=O) groups excluding carboxylic acids is 1. The number of halogens is 2. The number of benzene rings is 1. The third kappa shape index (κ3) is 4.90. The molecule has 4 heterocycles. The number of piperidine rings is 1. The molecule has 1 saturated heterocycles. The molecule has 0 bridgehead atoms. The zero-order chi connectivity index (χ0) is 26.1. The van der Waals surface area contributed by atoms with Crippen LogP contribution in [0.5, 0.6) is 5.88 Å². The summed E-state index contributed by atoms with van der Waals surface area (Å²) in [7, 11) is 4.90. The van der Waals surface area contributed by atoms with Crippen molar-refractivity contribution < 1.29 is 18.3 Å². The molecule has 0 aliphatic carbocycles. The summed E-state index contributed by atoms with van der Waals surface area (Å²) >= 11 is 0. The van der Waals surface area contributed by atoms with Gasteiger partial charge in [-0.25, -0.2) is 18.0 Å². The average Bonchev–Trinajstić information content (AvgIpc) is 3.49. The van der Waals surface area contributed by atoms with Gasteiger partial charge in [0.25, 0.3) is 0 Å². The van der Waals surface area contributed by atoms with Crippen molar-refractivity contribution in [1.82, 2.24) is 39.4 Å². The lowest BCUT2D eigenvalue weighted by Gasteiger charge is -2.35. The Balaban J connectivity index is 1.38. The summed E-state index contributed by atoms with van der Waals surface area (Å²) in [5, 5.41) is 15.8. The Morgan fingerprint density at radius 1 is 1.30 bits per heavy atom. The van der Waals surface area contributed by atoms with Crippen LogP contribution in [0.25, 0.3) is 27.7 Å². The summed E-state index contributed by atoms with van der Waals surface area (Å²) in [6, 6.07) is 7.03. The van der Waals surface area contributed by atoms with Gasteiger partial charge in [0.2, 0.25) is 17.7 Å². The second kappa shape index (κ2) is 10.2. The molecule has 0 spiro atoms. The van der Waals surface area contributed by atoms with Crippen molar-refractivity contribution in [3.8, 4) is 17.0 Å². The number of aryl methyl sites for hydroxylation is 1. The highest BCUT2D eigenvalue weighted by molar-refractivity contribution is 5.89. The number of alkyl halides is 2. The van der Waals surface area contributed by atoms with Gasteiger partial charge in [-0.2, -0.15) is 4.98 Å². The van der Waals surface area contributed by atoms with Crippen molar-refractivity contribution in [1.29, 1.82) is 0 Å². The molecule has 1 N–H and O–H groups in total. The molecule has 5 rings (SSSR count). The Labute approximate surface area is 212 Å². The number of methoxy groups -OCH3 is 1. The maximum absolute atomic E-state index is 15.0. The van der Waals surface area contributed by atoms with Crippen LogP contribution in [0.2, 0.25) is 0 Å². The fourth-order valence-electron chi connectivity index (χ4n) is 4.58. The number of nitrogens with one attached hydrogen (secondary N) is 1. The first-order valence-corrected chi connectivity index (χ1v) is 12.0. The fraction of sp³-hybridized carbons (Fsp3) is 0.458. The predicted molar refractivity (Wildman–Crippen MR) is 134 cm³/mol. The Hall–Kier alpha value is -3.87. The maximum atomic E-state index is 15.0. The highest BCUT2D eigenvalue weighted by Gasteiger charge is 2.31. The molecule has 4 aromatic rings. The Kier molecular flexibility index (Phi) is 6.87. The minimum absolute atomic E-state index is 0.0529. The van der Waals surface area contributed by atoms with Gasteiger partial charge in [-0.1, -0.05) is 11.3 Å². The SMILES string of the molecule is COc1nc(N[C@H]2CCN(CC(=O)N(C)C)C[C@H]2F)nn2ccc(-c3ccc4nnn(CCF)c4c3)c12. The van der Waals surface area contributed by atoms with Crippen LogP contribution in [-0.4, -0.2) is 105 Å². The van der Waals surface area contributed by atoms with E-state index in [2.05, 4.69) is 25.7 Å². The first kappa shape index (κ1) is 24.8. The molecule has 3 aromatic heterocycles. The van der Waals surface area contributed by atoms with Crippen LogP contribution >= 0.6 is 0 Å². The molecule has 0 unspecified atom stereocenters. The quantitative estimate of drug-likeness (QED) is 0.382. The molecular weight excluding hydrogens is 484 g/mol. The highest BCUT2D eigenvalue weighted by atomic mass is 19.1. The highest BCUT2D eigenvalue weighted by Crippen LogP contribution is 2.33. The second-order valence-electron chi connectivity index (χ2n) is 9.25. The van der Waals surface area contributed by atoms with E-state index < -0.39 is 18.9 Å². The smallest absolute Gasteiger partial charge is 0.244 e. The standard InChI is InChI=1S/C24H29F2N9O2/c1-32(2)21(36)14-33-9-7-18(17(26)13-33)27-24-28-23(37-3)22-16(6-10-35(22)30-24)15-4-5-19-20(12-15)34(11-8-25)31-29-19/h4-6,10,12,17-18H,7-9,11,13-14H2,1-3H3,(H,27,30)/t17-,18+/m1/s1. The van der Waals surface area contributed by atoms with Gasteiger partial charge < -0.3 is 15.0 Å². The molecule has 1 aliphatic heterocycles. The zero-order valence-corrected chi connectivity index (χ0v) is 20.9. The lowest BCUT2D eigenvalue weighted by Crippen LogP contribution is -2.50. The van der Waals surface area contributed by atoms with E-state index in [-0.39, 0.29) is 31.5 Å². The molecule has 11 nitrogen and oxygen atoms in total. The van der Waals surface area contributed by atoms with Crippen LogP contribution in [0.15, 0.2) is 30.5 Å². The van der Waals surface area contributed by atoms with Gasteiger partial charge in [-0.3, -0.25) is 9.69 Å². The molecule has 1 fully saturated rings. The molecule has 1 aromatic carbocycles. The van der Waals surface area contributed by atoms with Crippen molar-refractivity contribution in [2.45, 2.75) is 25.2 Å². The summed E-state index contributed by atoms with van der Waals surface area (Å²) in [5.74, 6) is 0.526. The summed E-state index contributed by atoms with van der Waals surface area (Å²) < 4.78 is 36.7. The van der Waals surface area contributed by atoms with E-state index in [1.807, 2.05) is 29.2 Å². The van der Waals surface area contributed by atoms with Gasteiger partial charge in [-0.05, 0) is 30.2 Å². The number of aromatic nitrogens is 6. The van der Waals surface area contributed by atoms with Gasteiger partial charge in [0.1, 0.15) is 23.9 Å². The third-order valence-corrected chi connectivity index (χ3v) is 6.59. The van der Waals surface area contributed by atoms with Gasteiger partial charge in [-0.15, -0.1) is 10.2 Å². The number of nitrogens with zero attached hydrogens (tertiary/aromatic N) is 8. The molecule has 0 radical (unpaired) electrons. The number of anilines is 1. The number of likely N-dealkylation sites (N-methyl/N-ethyl adjacent to an activating group) is 1. The maximum Gasteiger partial charge on any atom is 0.244 e. The van der Waals surface area contributed by atoms with E-state index in [1.54, 1.807) is 24.8 Å². The van der Waals surface area contributed by atoms with Crippen LogP contribution in [0.3, 0.4) is 0 Å². The summed E-state index contributed by atoms with van der Waals surface area (Å²) in [6.45, 7) is 0.515. The monoisotopic (exact) mass is 513 g/mol. The molecule has 0 saturated carbocycles. The molecule has 13 heteroatoms. The average molecular weight is 514 g/mol. The third-order valence-electron chi connectivity index (χ3n) is 6.59. The zero-order valence-electron chi connectivity index (χ0n) is 20.9. The molecule has 37 heavy (non-hydrogen) atoms. The van der Waals surface area contributed by atoms with Gasteiger partial charge in [0.15, 0.2) is 0 Å². The summed E-state index contributed by atoms with van der Waals surface area (Å²) in [4.78, 5) is 19.8. The van der Waals surface area contributed by atoms with Crippen LogP contribution in [0.4, 0.5) is 14.7 Å². The van der Waals surface area contributed by atoms with Crippen LogP contribution in [0.1, 0.15) is 6.42 Å². The molecule has 2 atom stereocenters. The van der Waals surface area contributed by atoms with Crippen LogP contribution in [0, 0.1) is 0 Å². The van der Waals surface area contributed by atoms with E-state index in [9.17, 15) is 13.6 Å². The number of carbonyl (C=O) groups is 1. The number of hydrogen-bond donors (Lipinski definition) is 1. The minimum Gasteiger partial charge on any atom is -0.479 e. The van der Waals surface area contributed by atoms with Crippen LogP contribution in [-0.2, 0) is 11.3 Å². The van der Waals surface area contributed by atoms with Crippen molar-refractivity contribution in [3.05, 3.63) is 30.5 Å². The first-order chi connectivity index (χ1) is 17.9. The largest absolute Gasteiger partial charge is 0.479 e. The Morgan fingerprint density at radius 3 is 2.86 bits per heavy atom. The molecule has 1 aliphatic rings.